The summed E-state index contributed by atoms with van der Waals surface area (Å²) in [6.45, 7) is 0. The van der Waals surface area contributed by atoms with E-state index in [9.17, 15) is 13.2 Å². The Morgan fingerprint density at radius 1 is 1.09 bits per heavy atom. The molecule has 3 rings (SSSR count). The first-order valence-electron chi connectivity index (χ1n) is 6.43. The fraction of sp³-hybridized carbons (Fsp3) is 0.0667. The van der Waals surface area contributed by atoms with E-state index >= 15 is 0 Å². The van der Waals surface area contributed by atoms with Gasteiger partial charge >= 0.3 is 10.1 Å². The van der Waals surface area contributed by atoms with E-state index < -0.39 is 16.0 Å². The Balaban J connectivity index is 1.92. The van der Waals surface area contributed by atoms with Gasteiger partial charge in [-0.3, -0.25) is 4.79 Å². The van der Waals surface area contributed by atoms with E-state index in [2.05, 4.69) is 4.99 Å². The van der Waals surface area contributed by atoms with Crippen molar-refractivity contribution < 1.29 is 17.5 Å². The molecule has 0 unspecified atom stereocenters. The first-order valence-corrected chi connectivity index (χ1v) is 7.84. The molecule has 0 N–H and O–H groups in total. The maximum Gasteiger partial charge on any atom is 0.317 e. The van der Waals surface area contributed by atoms with Crippen LogP contribution in [0.4, 0.5) is 5.69 Å². The van der Waals surface area contributed by atoms with Gasteiger partial charge in [0.05, 0.1) is 15.9 Å². The van der Waals surface area contributed by atoms with Crippen LogP contribution in [-0.4, -0.2) is 21.4 Å². The van der Waals surface area contributed by atoms with Crippen LogP contribution in [0.25, 0.3) is 6.08 Å². The van der Waals surface area contributed by atoms with E-state index in [-0.39, 0.29) is 4.90 Å². The number of benzene rings is 2. The van der Waals surface area contributed by atoms with Crippen LogP contribution in [0.15, 0.2) is 58.4 Å². The monoisotopic (exact) mass is 316 g/mol. The molecule has 1 amide bonds. The summed E-state index contributed by atoms with van der Waals surface area (Å²) in [7, 11) is -2.49. The van der Waals surface area contributed by atoms with Crippen LogP contribution in [0.5, 0.6) is 0 Å². The second-order valence-corrected chi connectivity index (χ2v) is 6.21. The Morgan fingerprint density at radius 2 is 1.82 bits per heavy atom. The Morgan fingerprint density at radius 3 is 2.55 bits per heavy atom. The first kappa shape index (κ1) is 14.4. The summed E-state index contributed by atoms with van der Waals surface area (Å²) in [4.78, 5) is 14.9. The molecule has 0 saturated carbocycles. The van der Waals surface area contributed by atoms with E-state index in [4.69, 9.17) is 4.28 Å². The molecule has 2 aromatic rings. The number of nitrogens with zero attached hydrogens (tertiary/aromatic N) is 2. The highest BCUT2D eigenvalue weighted by atomic mass is 32.2. The topological polar surface area (TPSA) is 76.0 Å². The molecule has 0 aromatic heterocycles. The Hall–Kier alpha value is -2.51. The van der Waals surface area contributed by atoms with Gasteiger partial charge in [-0.1, -0.05) is 18.2 Å². The molecular formula is C15H12N2O4S. The molecule has 0 fully saturated rings. The molecule has 22 heavy (non-hydrogen) atoms. The van der Waals surface area contributed by atoms with Crippen molar-refractivity contribution in [2.45, 2.75) is 4.90 Å². The molecule has 1 aliphatic heterocycles. The summed E-state index contributed by atoms with van der Waals surface area (Å²) in [5.41, 5.74) is 0.601. The van der Waals surface area contributed by atoms with Crippen LogP contribution in [0.1, 0.15) is 0 Å². The maximum atomic E-state index is 12.3. The van der Waals surface area contributed by atoms with Crippen LogP contribution in [0.2, 0.25) is 0 Å². The van der Waals surface area contributed by atoms with Crippen LogP contribution in [-0.2, 0) is 19.2 Å². The summed E-state index contributed by atoms with van der Waals surface area (Å²) in [5, 5.41) is 2.10. The molecule has 7 heteroatoms. The van der Waals surface area contributed by atoms with Crippen molar-refractivity contribution in [1.29, 1.82) is 0 Å². The lowest BCUT2D eigenvalue weighted by molar-refractivity contribution is -0.112. The maximum absolute atomic E-state index is 12.3. The summed E-state index contributed by atoms with van der Waals surface area (Å²) in [6.07, 6.45) is 1.29. The van der Waals surface area contributed by atoms with E-state index in [1.54, 1.807) is 24.3 Å². The summed E-state index contributed by atoms with van der Waals surface area (Å²) >= 11 is 0. The number of carbonyl (C=O) groups is 1. The van der Waals surface area contributed by atoms with Crippen LogP contribution >= 0.6 is 0 Å². The van der Waals surface area contributed by atoms with Gasteiger partial charge in [0.25, 0.3) is 5.91 Å². The molecule has 0 bridgehead atoms. The highest BCUT2D eigenvalue weighted by Gasteiger charge is 2.20. The fourth-order valence-corrected chi connectivity index (χ4v) is 3.03. The zero-order valence-corrected chi connectivity index (χ0v) is 12.4. The van der Waals surface area contributed by atoms with Gasteiger partial charge in [-0.05, 0) is 30.3 Å². The van der Waals surface area contributed by atoms with Crippen molar-refractivity contribution in [2.75, 3.05) is 12.1 Å². The third-order valence-electron chi connectivity index (χ3n) is 3.13. The normalized spacial score (nSPS) is 13.2. The number of rotatable bonds is 4. The summed E-state index contributed by atoms with van der Waals surface area (Å²) in [5.74, 6) is -0.396. The van der Waals surface area contributed by atoms with Crippen LogP contribution < -0.4 is 15.6 Å². The second kappa shape index (κ2) is 5.36. The zero-order valence-electron chi connectivity index (χ0n) is 11.6. The Bertz CT molecular complexity index is 953. The van der Waals surface area contributed by atoms with Gasteiger partial charge in [-0.2, -0.15) is 8.42 Å². The second-order valence-electron chi connectivity index (χ2n) is 4.68. The lowest BCUT2D eigenvalue weighted by atomic mass is 10.3. The lowest BCUT2D eigenvalue weighted by Gasteiger charge is -2.17. The molecule has 0 spiro atoms. The third kappa shape index (κ3) is 2.76. The highest BCUT2D eigenvalue weighted by Crippen LogP contribution is 2.17. The predicted molar refractivity (Wildman–Crippen MR) is 79.8 cm³/mol. The van der Waals surface area contributed by atoms with E-state index in [1.807, 2.05) is 6.07 Å². The van der Waals surface area contributed by atoms with Gasteiger partial charge in [0.15, 0.2) is 0 Å². The standard InChI is InChI=1S/C15H12N2O4S/c1-17(12-5-3-2-4-6-12)21-22(19,20)13-7-8-14-11(9-13)10-15(18)16-14/h2-10H,1H3. The molecule has 0 atom stereocenters. The molecule has 1 heterocycles. The highest BCUT2D eigenvalue weighted by molar-refractivity contribution is 7.86. The van der Waals surface area contributed by atoms with Crippen molar-refractivity contribution in [3.05, 3.63) is 59.1 Å². The molecule has 0 saturated heterocycles. The minimum atomic E-state index is -3.99. The Labute approximate surface area is 127 Å². The number of fused-ring (bicyclic) bond motifs is 1. The quantitative estimate of drug-likeness (QED) is 0.763. The van der Waals surface area contributed by atoms with Crippen LogP contribution in [0.3, 0.4) is 0 Å². The van der Waals surface area contributed by atoms with Crippen molar-refractivity contribution in [1.82, 2.24) is 0 Å². The Kier molecular flexibility index (Phi) is 3.51. The zero-order chi connectivity index (χ0) is 15.7. The van der Waals surface area contributed by atoms with Crippen molar-refractivity contribution in [2.24, 2.45) is 4.99 Å². The van der Waals surface area contributed by atoms with Crippen molar-refractivity contribution in [3.8, 4) is 0 Å². The summed E-state index contributed by atoms with van der Waals surface area (Å²) < 4.78 is 29.7. The predicted octanol–water partition coefficient (Wildman–Crippen LogP) is 0.384. The van der Waals surface area contributed by atoms with Gasteiger partial charge in [-0.25, -0.2) is 10.1 Å². The minimum absolute atomic E-state index is 0.0322. The number of carbonyl (C=O) groups excluding carboxylic acids is 1. The SMILES string of the molecule is CN(OS(=O)(=O)c1ccc2c(c1)=CC(=O)N=2)c1ccccc1. The van der Waals surface area contributed by atoms with Gasteiger partial charge in [0, 0.05) is 18.3 Å². The fourth-order valence-electron chi connectivity index (χ4n) is 2.06. The summed E-state index contributed by atoms with van der Waals surface area (Å²) in [6, 6.07) is 13.0. The number of hydrogen-bond donors (Lipinski definition) is 0. The molecular weight excluding hydrogens is 304 g/mol. The molecule has 0 aliphatic carbocycles. The van der Waals surface area contributed by atoms with Gasteiger partial charge < -0.3 is 0 Å². The number of hydrogen-bond acceptors (Lipinski definition) is 5. The molecule has 1 aliphatic rings. The number of anilines is 1. The van der Waals surface area contributed by atoms with Crippen LogP contribution in [0, 0.1) is 0 Å². The van der Waals surface area contributed by atoms with E-state index in [1.165, 1.54) is 36.4 Å². The number of hydroxylamine groups is 1. The third-order valence-corrected chi connectivity index (χ3v) is 4.38. The molecule has 112 valence electrons. The number of amides is 1. The smallest absolute Gasteiger partial charge is 0.267 e. The largest absolute Gasteiger partial charge is 0.317 e. The average molecular weight is 316 g/mol. The average Bonchev–Trinajstić information content (AvgIpc) is 2.86. The lowest BCUT2D eigenvalue weighted by Crippen LogP contribution is -2.26. The number of para-hydroxylation sites is 1. The van der Waals surface area contributed by atoms with E-state index in [0.29, 0.717) is 16.3 Å². The van der Waals surface area contributed by atoms with Gasteiger partial charge in [0.1, 0.15) is 0 Å². The van der Waals surface area contributed by atoms with Gasteiger partial charge in [0.2, 0.25) is 0 Å². The van der Waals surface area contributed by atoms with Gasteiger partial charge in [-0.15, -0.1) is 4.28 Å². The van der Waals surface area contributed by atoms with Crippen molar-refractivity contribution >= 4 is 27.8 Å². The molecule has 6 nitrogen and oxygen atoms in total. The minimum Gasteiger partial charge on any atom is -0.267 e. The first-order chi connectivity index (χ1) is 10.5. The van der Waals surface area contributed by atoms with Crippen molar-refractivity contribution in [3.63, 3.8) is 0 Å². The molecule has 0 radical (unpaired) electrons. The van der Waals surface area contributed by atoms with E-state index in [0.717, 1.165) is 0 Å². The molecule has 2 aromatic carbocycles.